The van der Waals surface area contributed by atoms with Gasteiger partial charge in [0, 0.05) is 60.3 Å². The Hall–Kier alpha value is -3.16. The highest BCUT2D eigenvalue weighted by atomic mass is 16.5. The average Bonchev–Trinajstić information content (AvgIpc) is 3.45. The first-order valence-corrected chi connectivity index (χ1v) is 10.7. The lowest BCUT2D eigenvalue weighted by Gasteiger charge is -2.26. The minimum atomic E-state index is 0.822. The molecule has 7 nitrogen and oxygen atoms in total. The second kappa shape index (κ2) is 8.53. The molecule has 0 spiro atoms. The molecule has 3 aromatic heterocycles. The Balaban J connectivity index is 1.39. The number of nitrogens with zero attached hydrogens (tertiary/aromatic N) is 4. The van der Waals surface area contributed by atoms with E-state index in [2.05, 4.69) is 51.3 Å². The molecule has 1 aliphatic rings. The maximum absolute atomic E-state index is 5.42. The molecule has 1 fully saturated rings. The van der Waals surface area contributed by atoms with Crippen molar-refractivity contribution in [2.24, 2.45) is 0 Å². The van der Waals surface area contributed by atoms with Gasteiger partial charge in [-0.05, 0) is 36.2 Å². The zero-order valence-corrected chi connectivity index (χ0v) is 18.0. The SMILES string of the molecule is COc1ccc(-c2c[nH]c3ncc(-c4cnn(CCN5CCOCC5)c4)cc23)cc1C. The molecular weight excluding hydrogens is 390 g/mol. The van der Waals surface area contributed by atoms with Gasteiger partial charge >= 0.3 is 0 Å². The molecule has 0 radical (unpaired) electrons. The van der Waals surface area contributed by atoms with Crippen molar-refractivity contribution in [2.75, 3.05) is 40.0 Å². The van der Waals surface area contributed by atoms with Crippen LogP contribution in [0.5, 0.6) is 5.75 Å². The Morgan fingerprint density at radius 3 is 2.74 bits per heavy atom. The maximum atomic E-state index is 5.42. The molecule has 5 rings (SSSR count). The molecule has 7 heteroatoms. The first kappa shape index (κ1) is 19.8. The molecule has 0 aliphatic carbocycles. The number of fused-ring (bicyclic) bond motifs is 1. The van der Waals surface area contributed by atoms with Crippen LogP contribution in [0.1, 0.15) is 5.56 Å². The summed E-state index contributed by atoms with van der Waals surface area (Å²) in [7, 11) is 1.70. The van der Waals surface area contributed by atoms with E-state index >= 15 is 0 Å². The zero-order valence-electron chi connectivity index (χ0n) is 18.0. The number of rotatable bonds is 6. The Bertz CT molecular complexity index is 1190. The Morgan fingerprint density at radius 2 is 1.94 bits per heavy atom. The highest BCUT2D eigenvalue weighted by molar-refractivity contribution is 5.95. The van der Waals surface area contributed by atoms with Gasteiger partial charge in [-0.25, -0.2) is 4.98 Å². The van der Waals surface area contributed by atoms with E-state index in [1.165, 1.54) is 0 Å². The van der Waals surface area contributed by atoms with Gasteiger partial charge in [0.2, 0.25) is 0 Å². The number of morpholine rings is 1. The Labute approximate surface area is 181 Å². The third-order valence-corrected chi connectivity index (χ3v) is 5.95. The number of aromatic nitrogens is 4. The van der Waals surface area contributed by atoms with Crippen LogP contribution in [0.4, 0.5) is 0 Å². The lowest BCUT2D eigenvalue weighted by molar-refractivity contribution is 0.0360. The van der Waals surface area contributed by atoms with Crippen molar-refractivity contribution >= 4 is 11.0 Å². The third-order valence-electron chi connectivity index (χ3n) is 5.95. The van der Waals surface area contributed by atoms with Gasteiger partial charge in [-0.2, -0.15) is 5.10 Å². The van der Waals surface area contributed by atoms with Gasteiger partial charge in [0.25, 0.3) is 0 Å². The van der Waals surface area contributed by atoms with Crippen LogP contribution in [-0.2, 0) is 11.3 Å². The van der Waals surface area contributed by atoms with Gasteiger partial charge in [0.1, 0.15) is 11.4 Å². The summed E-state index contributed by atoms with van der Waals surface area (Å²) in [5.41, 5.74) is 6.41. The summed E-state index contributed by atoms with van der Waals surface area (Å²) >= 11 is 0. The first-order valence-electron chi connectivity index (χ1n) is 10.7. The summed E-state index contributed by atoms with van der Waals surface area (Å²) < 4.78 is 12.8. The number of ether oxygens (including phenoxy) is 2. The van der Waals surface area contributed by atoms with E-state index in [1.54, 1.807) is 7.11 Å². The second-order valence-corrected chi connectivity index (χ2v) is 7.95. The monoisotopic (exact) mass is 417 g/mol. The minimum Gasteiger partial charge on any atom is -0.496 e. The largest absolute Gasteiger partial charge is 0.496 e. The fourth-order valence-electron chi connectivity index (χ4n) is 4.15. The fraction of sp³-hybridized carbons (Fsp3) is 0.333. The van der Waals surface area contributed by atoms with Crippen molar-refractivity contribution in [1.82, 2.24) is 24.6 Å². The lowest BCUT2D eigenvalue weighted by atomic mass is 10.0. The van der Waals surface area contributed by atoms with Crippen LogP contribution >= 0.6 is 0 Å². The van der Waals surface area contributed by atoms with Gasteiger partial charge in [0.15, 0.2) is 0 Å². The van der Waals surface area contributed by atoms with Crippen molar-refractivity contribution in [3.05, 3.63) is 54.6 Å². The molecule has 1 N–H and O–H groups in total. The maximum Gasteiger partial charge on any atom is 0.137 e. The molecule has 4 heterocycles. The van der Waals surface area contributed by atoms with E-state index < -0.39 is 0 Å². The molecule has 4 aromatic rings. The summed E-state index contributed by atoms with van der Waals surface area (Å²) in [5.74, 6) is 0.895. The molecule has 0 atom stereocenters. The number of nitrogens with one attached hydrogen (secondary N) is 1. The number of benzene rings is 1. The average molecular weight is 418 g/mol. The number of pyridine rings is 1. The van der Waals surface area contributed by atoms with Crippen LogP contribution in [0.15, 0.2) is 49.1 Å². The van der Waals surface area contributed by atoms with Crippen LogP contribution in [0.3, 0.4) is 0 Å². The molecule has 0 bridgehead atoms. The molecule has 1 aliphatic heterocycles. The number of aryl methyl sites for hydroxylation is 1. The second-order valence-electron chi connectivity index (χ2n) is 7.95. The quantitative estimate of drug-likeness (QED) is 0.518. The molecule has 1 aromatic carbocycles. The molecule has 31 heavy (non-hydrogen) atoms. The highest BCUT2D eigenvalue weighted by Crippen LogP contribution is 2.33. The number of hydrogen-bond donors (Lipinski definition) is 1. The van der Waals surface area contributed by atoms with E-state index in [0.717, 1.165) is 84.0 Å². The highest BCUT2D eigenvalue weighted by Gasteiger charge is 2.13. The van der Waals surface area contributed by atoms with Gasteiger partial charge < -0.3 is 14.5 Å². The molecule has 160 valence electrons. The summed E-state index contributed by atoms with van der Waals surface area (Å²) in [5, 5.41) is 5.67. The van der Waals surface area contributed by atoms with E-state index in [0.29, 0.717) is 0 Å². The smallest absolute Gasteiger partial charge is 0.137 e. The van der Waals surface area contributed by atoms with Crippen LogP contribution in [0.2, 0.25) is 0 Å². The molecule has 0 unspecified atom stereocenters. The van der Waals surface area contributed by atoms with E-state index in [9.17, 15) is 0 Å². The van der Waals surface area contributed by atoms with Gasteiger partial charge in [0.05, 0.1) is 33.1 Å². The van der Waals surface area contributed by atoms with E-state index in [4.69, 9.17) is 9.47 Å². The number of aromatic amines is 1. The lowest BCUT2D eigenvalue weighted by Crippen LogP contribution is -2.38. The van der Waals surface area contributed by atoms with Gasteiger partial charge in [-0.15, -0.1) is 0 Å². The van der Waals surface area contributed by atoms with E-state index in [1.807, 2.05) is 29.3 Å². The number of hydrogen-bond acceptors (Lipinski definition) is 5. The number of methoxy groups -OCH3 is 1. The number of H-pyrrole nitrogens is 1. The van der Waals surface area contributed by atoms with Crippen molar-refractivity contribution in [3.63, 3.8) is 0 Å². The molecular formula is C24H27N5O2. The van der Waals surface area contributed by atoms with Crippen molar-refractivity contribution in [1.29, 1.82) is 0 Å². The van der Waals surface area contributed by atoms with Gasteiger partial charge in [-0.3, -0.25) is 9.58 Å². The summed E-state index contributed by atoms with van der Waals surface area (Å²) in [6.45, 7) is 7.56. The topological polar surface area (TPSA) is 68.2 Å². The normalized spacial score (nSPS) is 14.9. The Morgan fingerprint density at radius 1 is 1.06 bits per heavy atom. The Kier molecular flexibility index (Phi) is 5.44. The molecule has 1 saturated heterocycles. The standard InChI is InChI=1S/C24H27N5O2/c1-17-11-18(3-4-23(17)30-2)22-15-26-24-21(22)12-19(13-25-24)20-14-27-29(16-20)6-5-28-7-9-31-10-8-28/h3-4,11-16H,5-10H2,1-2H3,(H,25,26). The van der Waals surface area contributed by atoms with Gasteiger partial charge in [-0.1, -0.05) is 6.07 Å². The predicted molar refractivity (Wildman–Crippen MR) is 121 cm³/mol. The van der Waals surface area contributed by atoms with Crippen molar-refractivity contribution in [2.45, 2.75) is 13.5 Å². The molecule has 0 saturated carbocycles. The summed E-state index contributed by atoms with van der Waals surface area (Å²) in [4.78, 5) is 10.4. The minimum absolute atomic E-state index is 0.822. The molecule has 0 amide bonds. The first-order chi connectivity index (χ1) is 15.2. The summed E-state index contributed by atoms with van der Waals surface area (Å²) in [6, 6.07) is 8.44. The van der Waals surface area contributed by atoms with Crippen LogP contribution < -0.4 is 4.74 Å². The van der Waals surface area contributed by atoms with Crippen LogP contribution in [0, 0.1) is 6.92 Å². The zero-order chi connectivity index (χ0) is 21.2. The van der Waals surface area contributed by atoms with Crippen LogP contribution in [0.25, 0.3) is 33.3 Å². The summed E-state index contributed by atoms with van der Waals surface area (Å²) in [6.07, 6.45) is 7.96. The van der Waals surface area contributed by atoms with Crippen molar-refractivity contribution < 1.29 is 9.47 Å². The predicted octanol–water partition coefficient (Wildman–Crippen LogP) is 3.74. The fourth-order valence-corrected chi connectivity index (χ4v) is 4.15. The van der Waals surface area contributed by atoms with Crippen molar-refractivity contribution in [3.8, 4) is 28.0 Å². The van der Waals surface area contributed by atoms with Crippen LogP contribution in [-0.4, -0.2) is 64.6 Å². The third kappa shape index (κ3) is 4.06. The van der Waals surface area contributed by atoms with E-state index in [-0.39, 0.29) is 0 Å².